The second kappa shape index (κ2) is 7.07. The number of nitrogens with one attached hydrogen (secondary N) is 1. The van der Waals surface area contributed by atoms with Gasteiger partial charge in [-0.25, -0.2) is 4.98 Å². The van der Waals surface area contributed by atoms with Crippen LogP contribution in [0.3, 0.4) is 0 Å². The first kappa shape index (κ1) is 15.3. The molecule has 5 heteroatoms. The van der Waals surface area contributed by atoms with Crippen molar-refractivity contribution in [2.45, 2.75) is 33.0 Å². The van der Waals surface area contributed by atoms with Crippen molar-refractivity contribution in [3.05, 3.63) is 45.2 Å². The first-order chi connectivity index (χ1) is 9.61. The van der Waals surface area contributed by atoms with Crippen molar-refractivity contribution in [1.29, 1.82) is 0 Å². The van der Waals surface area contributed by atoms with E-state index in [1.807, 2.05) is 19.2 Å². The highest BCUT2D eigenvalue weighted by atomic mass is 35.5. The Balaban J connectivity index is 2.27. The van der Waals surface area contributed by atoms with E-state index in [9.17, 15) is 0 Å². The first-order valence-corrected chi connectivity index (χ1v) is 7.96. The van der Waals surface area contributed by atoms with Crippen LogP contribution in [0.2, 0.25) is 5.02 Å². The summed E-state index contributed by atoms with van der Waals surface area (Å²) < 4.78 is 0. The Labute approximate surface area is 129 Å². The van der Waals surface area contributed by atoms with Crippen molar-refractivity contribution in [2.24, 2.45) is 0 Å². The number of pyridine rings is 1. The number of hydrogen-bond donors (Lipinski definition) is 1. The Hall–Kier alpha value is -1.10. The molecule has 0 aromatic carbocycles. The molecule has 0 radical (unpaired) electrons. The summed E-state index contributed by atoms with van der Waals surface area (Å²) in [6, 6.07) is 8.55. The van der Waals surface area contributed by atoms with E-state index < -0.39 is 0 Å². The lowest BCUT2D eigenvalue weighted by Gasteiger charge is -2.28. The van der Waals surface area contributed by atoms with Gasteiger partial charge in [0.2, 0.25) is 0 Å². The molecule has 0 spiro atoms. The van der Waals surface area contributed by atoms with Crippen molar-refractivity contribution >= 4 is 28.8 Å². The lowest BCUT2D eigenvalue weighted by Crippen LogP contribution is -2.31. The van der Waals surface area contributed by atoms with Crippen LogP contribution in [-0.4, -0.2) is 18.1 Å². The van der Waals surface area contributed by atoms with Crippen LogP contribution >= 0.6 is 22.9 Å². The standard InChI is InChI=1S/C15H20ClN3S/c1-11(2)19(10-12-5-4-8-20-12)15-7-6-13(16)14(18-15)9-17-3/h4-8,11,17H,9-10H2,1-3H3. The molecule has 0 unspecified atom stereocenters. The molecule has 3 nitrogen and oxygen atoms in total. The molecule has 108 valence electrons. The van der Waals surface area contributed by atoms with Crippen LogP contribution in [-0.2, 0) is 13.1 Å². The van der Waals surface area contributed by atoms with Gasteiger partial charge in [0.05, 0.1) is 17.3 Å². The third kappa shape index (κ3) is 3.72. The molecule has 0 saturated heterocycles. The minimum Gasteiger partial charge on any atom is -0.349 e. The van der Waals surface area contributed by atoms with Gasteiger partial charge in [-0.05, 0) is 44.5 Å². The Morgan fingerprint density at radius 2 is 2.15 bits per heavy atom. The summed E-state index contributed by atoms with van der Waals surface area (Å²) in [5.41, 5.74) is 0.892. The van der Waals surface area contributed by atoms with Crippen molar-refractivity contribution in [3.8, 4) is 0 Å². The quantitative estimate of drug-likeness (QED) is 0.876. The lowest BCUT2D eigenvalue weighted by atomic mass is 10.2. The number of aromatic nitrogens is 1. The molecule has 20 heavy (non-hydrogen) atoms. The van der Waals surface area contributed by atoms with E-state index in [4.69, 9.17) is 16.6 Å². The molecular weight excluding hydrogens is 290 g/mol. The third-order valence-corrected chi connectivity index (χ3v) is 4.28. The molecule has 0 amide bonds. The molecule has 2 aromatic heterocycles. The van der Waals surface area contributed by atoms with E-state index in [1.165, 1.54) is 4.88 Å². The van der Waals surface area contributed by atoms with Gasteiger partial charge in [0.25, 0.3) is 0 Å². The first-order valence-electron chi connectivity index (χ1n) is 6.71. The van der Waals surface area contributed by atoms with Crippen LogP contribution in [0, 0.1) is 0 Å². The van der Waals surface area contributed by atoms with Gasteiger partial charge in [-0.3, -0.25) is 0 Å². The highest BCUT2D eigenvalue weighted by Crippen LogP contribution is 2.23. The fraction of sp³-hybridized carbons (Fsp3) is 0.400. The van der Waals surface area contributed by atoms with Crippen molar-refractivity contribution < 1.29 is 0 Å². The zero-order chi connectivity index (χ0) is 14.5. The smallest absolute Gasteiger partial charge is 0.129 e. The van der Waals surface area contributed by atoms with Gasteiger partial charge < -0.3 is 10.2 Å². The summed E-state index contributed by atoms with van der Waals surface area (Å²) in [4.78, 5) is 8.33. The fourth-order valence-corrected chi connectivity index (χ4v) is 2.90. The van der Waals surface area contributed by atoms with E-state index in [0.717, 1.165) is 18.1 Å². The number of halogens is 1. The summed E-state index contributed by atoms with van der Waals surface area (Å²) in [5, 5.41) is 5.92. The number of anilines is 1. The highest BCUT2D eigenvalue weighted by molar-refractivity contribution is 7.09. The summed E-state index contributed by atoms with van der Waals surface area (Å²) in [7, 11) is 1.90. The predicted molar refractivity (Wildman–Crippen MR) is 87.6 cm³/mol. The Morgan fingerprint density at radius 3 is 2.75 bits per heavy atom. The van der Waals surface area contributed by atoms with E-state index in [1.54, 1.807) is 11.3 Å². The number of nitrogens with zero attached hydrogens (tertiary/aromatic N) is 2. The van der Waals surface area contributed by atoms with Crippen LogP contribution < -0.4 is 10.2 Å². The van der Waals surface area contributed by atoms with Crippen LogP contribution in [0.5, 0.6) is 0 Å². The third-order valence-electron chi connectivity index (χ3n) is 3.07. The van der Waals surface area contributed by atoms with E-state index in [0.29, 0.717) is 17.6 Å². The summed E-state index contributed by atoms with van der Waals surface area (Å²) in [6.45, 7) is 5.92. The molecule has 0 aliphatic heterocycles. The van der Waals surface area contributed by atoms with Gasteiger partial charge in [-0.15, -0.1) is 11.3 Å². The van der Waals surface area contributed by atoms with Gasteiger partial charge in [-0.2, -0.15) is 0 Å². The van der Waals surface area contributed by atoms with Crippen LogP contribution in [0.15, 0.2) is 29.6 Å². The largest absolute Gasteiger partial charge is 0.349 e. The van der Waals surface area contributed by atoms with Crippen molar-refractivity contribution in [3.63, 3.8) is 0 Å². The molecule has 0 atom stereocenters. The molecule has 0 saturated carbocycles. The molecular formula is C15H20ClN3S. The molecule has 0 aliphatic carbocycles. The topological polar surface area (TPSA) is 28.2 Å². The normalized spacial score (nSPS) is 11.1. The fourth-order valence-electron chi connectivity index (χ4n) is 2.02. The maximum absolute atomic E-state index is 6.18. The Bertz CT molecular complexity index is 540. The maximum atomic E-state index is 6.18. The van der Waals surface area contributed by atoms with Gasteiger partial charge in [-0.1, -0.05) is 17.7 Å². The molecule has 0 bridgehead atoms. The monoisotopic (exact) mass is 309 g/mol. The van der Waals surface area contributed by atoms with Crippen molar-refractivity contribution in [2.75, 3.05) is 11.9 Å². The second-order valence-corrected chi connectivity index (χ2v) is 6.37. The minimum atomic E-state index is 0.383. The SMILES string of the molecule is CNCc1nc(N(Cc2cccs2)C(C)C)ccc1Cl. The van der Waals surface area contributed by atoms with Crippen molar-refractivity contribution in [1.82, 2.24) is 10.3 Å². The zero-order valence-corrected chi connectivity index (χ0v) is 13.6. The molecule has 2 heterocycles. The molecule has 2 rings (SSSR count). The predicted octanol–water partition coefficient (Wildman–Crippen LogP) is 3.93. The van der Waals surface area contributed by atoms with Crippen LogP contribution in [0.25, 0.3) is 0 Å². The highest BCUT2D eigenvalue weighted by Gasteiger charge is 2.14. The minimum absolute atomic E-state index is 0.383. The average molecular weight is 310 g/mol. The average Bonchev–Trinajstić information content (AvgIpc) is 2.92. The summed E-state index contributed by atoms with van der Waals surface area (Å²) in [6.07, 6.45) is 0. The second-order valence-electron chi connectivity index (χ2n) is 4.93. The zero-order valence-electron chi connectivity index (χ0n) is 12.1. The molecule has 0 aliphatic rings. The Kier molecular flexibility index (Phi) is 5.40. The Morgan fingerprint density at radius 1 is 1.35 bits per heavy atom. The van der Waals surface area contributed by atoms with E-state index in [2.05, 4.69) is 41.6 Å². The van der Waals surface area contributed by atoms with Gasteiger partial charge in [0, 0.05) is 17.5 Å². The molecule has 1 N–H and O–H groups in total. The summed E-state index contributed by atoms with van der Waals surface area (Å²) in [5.74, 6) is 0.975. The number of rotatable bonds is 6. The number of thiophene rings is 1. The van der Waals surface area contributed by atoms with Gasteiger partial charge in [0.15, 0.2) is 0 Å². The van der Waals surface area contributed by atoms with E-state index >= 15 is 0 Å². The van der Waals surface area contributed by atoms with Gasteiger partial charge >= 0.3 is 0 Å². The van der Waals surface area contributed by atoms with Gasteiger partial charge in [0.1, 0.15) is 5.82 Å². The molecule has 2 aromatic rings. The summed E-state index contributed by atoms with van der Waals surface area (Å²) >= 11 is 7.96. The van der Waals surface area contributed by atoms with E-state index in [-0.39, 0.29) is 0 Å². The molecule has 0 fully saturated rings. The van der Waals surface area contributed by atoms with Crippen LogP contribution in [0.4, 0.5) is 5.82 Å². The maximum Gasteiger partial charge on any atom is 0.129 e. The van der Waals surface area contributed by atoms with Crippen LogP contribution in [0.1, 0.15) is 24.4 Å². The number of hydrogen-bond acceptors (Lipinski definition) is 4. The lowest BCUT2D eigenvalue weighted by molar-refractivity contribution is 0.672.